The van der Waals surface area contributed by atoms with Gasteiger partial charge >= 0.3 is 0 Å². The quantitative estimate of drug-likeness (QED) is 0.684. The van der Waals surface area contributed by atoms with Crippen LogP contribution in [0, 0.1) is 0 Å². The molecular weight excluding hydrogens is 406 g/mol. The summed E-state index contributed by atoms with van der Waals surface area (Å²) in [5.74, 6) is -0.356. The maximum Gasteiger partial charge on any atom is 0.223 e. The van der Waals surface area contributed by atoms with E-state index in [1.165, 1.54) is 11.3 Å². The minimum absolute atomic E-state index is 0.0492. The van der Waals surface area contributed by atoms with Gasteiger partial charge in [0.05, 0.1) is 11.0 Å². The highest BCUT2D eigenvalue weighted by molar-refractivity contribution is 7.91. The van der Waals surface area contributed by atoms with Crippen LogP contribution in [-0.4, -0.2) is 43.9 Å². The highest BCUT2D eigenvalue weighted by atomic mass is 35.5. The largest absolute Gasteiger partial charge is 0.342 e. The van der Waals surface area contributed by atoms with Crippen LogP contribution in [0.25, 0.3) is 0 Å². The van der Waals surface area contributed by atoms with Crippen LogP contribution in [0.2, 0.25) is 5.02 Å². The molecule has 27 heavy (non-hydrogen) atoms. The first-order valence-corrected chi connectivity index (χ1v) is 11.7. The van der Waals surface area contributed by atoms with Gasteiger partial charge in [0.15, 0.2) is 15.6 Å². The minimum Gasteiger partial charge on any atom is -0.342 e. The molecule has 2 aromatic rings. The van der Waals surface area contributed by atoms with Crippen molar-refractivity contribution in [1.29, 1.82) is 0 Å². The molecule has 0 bridgehead atoms. The molecule has 2 heterocycles. The average molecular weight is 426 g/mol. The van der Waals surface area contributed by atoms with Gasteiger partial charge in [0.25, 0.3) is 0 Å². The predicted octanol–water partition coefficient (Wildman–Crippen LogP) is 3.75. The van der Waals surface area contributed by atoms with Crippen LogP contribution < -0.4 is 0 Å². The Morgan fingerprint density at radius 2 is 1.85 bits per heavy atom. The number of Topliss-reactive ketones (excluding diaryl/α,β-unsaturated/α-hetero) is 1. The number of thiophene rings is 1. The summed E-state index contributed by atoms with van der Waals surface area (Å²) in [6.45, 7) is 0.563. The Morgan fingerprint density at radius 1 is 1.11 bits per heavy atom. The third kappa shape index (κ3) is 4.97. The number of nitrogens with zero attached hydrogens (tertiary/aromatic N) is 1. The maximum absolute atomic E-state index is 12.6. The van der Waals surface area contributed by atoms with Crippen molar-refractivity contribution >= 4 is 44.5 Å². The second-order valence-electron chi connectivity index (χ2n) is 6.47. The topological polar surface area (TPSA) is 71.5 Å². The lowest BCUT2D eigenvalue weighted by atomic mass is 10.1. The molecule has 0 saturated carbocycles. The number of hydrogen-bond donors (Lipinski definition) is 0. The molecule has 1 aliphatic rings. The zero-order valence-electron chi connectivity index (χ0n) is 14.6. The van der Waals surface area contributed by atoms with Crippen molar-refractivity contribution in [3.05, 3.63) is 57.2 Å². The summed E-state index contributed by atoms with van der Waals surface area (Å²) in [5, 5.41) is 1.86. The molecule has 1 fully saturated rings. The van der Waals surface area contributed by atoms with Crippen LogP contribution in [0.15, 0.2) is 41.8 Å². The molecule has 1 amide bonds. The Labute approximate surface area is 167 Å². The van der Waals surface area contributed by atoms with Crippen molar-refractivity contribution < 1.29 is 18.0 Å². The molecule has 1 saturated heterocycles. The first-order valence-electron chi connectivity index (χ1n) is 8.68. The molecule has 1 aromatic carbocycles. The first kappa shape index (κ1) is 20.0. The van der Waals surface area contributed by atoms with Crippen molar-refractivity contribution in [2.45, 2.75) is 24.5 Å². The number of rotatable bonds is 5. The molecule has 1 aliphatic heterocycles. The zero-order chi connectivity index (χ0) is 19.4. The van der Waals surface area contributed by atoms with Gasteiger partial charge in [-0.1, -0.05) is 17.7 Å². The van der Waals surface area contributed by atoms with Crippen LogP contribution in [0.4, 0.5) is 0 Å². The number of sulfone groups is 1. The van der Waals surface area contributed by atoms with Crippen molar-refractivity contribution in [2.75, 3.05) is 18.8 Å². The van der Waals surface area contributed by atoms with E-state index in [1.54, 1.807) is 29.2 Å². The molecule has 1 atom stereocenters. The van der Waals surface area contributed by atoms with E-state index in [2.05, 4.69) is 0 Å². The summed E-state index contributed by atoms with van der Waals surface area (Å²) >= 11 is 7.24. The van der Waals surface area contributed by atoms with E-state index < -0.39 is 15.1 Å². The zero-order valence-corrected chi connectivity index (χ0v) is 17.0. The van der Waals surface area contributed by atoms with Gasteiger partial charge in [0.2, 0.25) is 5.91 Å². The SMILES string of the molecule is O=C(CCC(=O)N1CCC(c2cccs2)S(=O)(=O)CC1)c1ccc(Cl)cc1. The van der Waals surface area contributed by atoms with Crippen molar-refractivity contribution in [3.63, 3.8) is 0 Å². The van der Waals surface area contributed by atoms with Crippen LogP contribution in [0.1, 0.15) is 39.7 Å². The second-order valence-corrected chi connectivity index (χ2v) is 10.2. The van der Waals surface area contributed by atoms with E-state index in [0.29, 0.717) is 23.6 Å². The van der Waals surface area contributed by atoms with Crippen LogP contribution in [0.5, 0.6) is 0 Å². The Balaban J connectivity index is 1.59. The van der Waals surface area contributed by atoms with E-state index in [-0.39, 0.29) is 36.8 Å². The Bertz CT molecular complexity index is 908. The molecule has 0 radical (unpaired) electrons. The first-order chi connectivity index (χ1) is 12.9. The molecule has 0 aliphatic carbocycles. The number of benzene rings is 1. The van der Waals surface area contributed by atoms with Gasteiger partial charge in [0, 0.05) is 41.4 Å². The monoisotopic (exact) mass is 425 g/mol. The summed E-state index contributed by atoms with van der Waals surface area (Å²) in [4.78, 5) is 27.1. The second kappa shape index (κ2) is 8.54. The summed E-state index contributed by atoms with van der Waals surface area (Å²) in [6.07, 6.45) is 0.558. The van der Waals surface area contributed by atoms with E-state index in [0.717, 1.165) is 4.88 Å². The number of amides is 1. The lowest BCUT2D eigenvalue weighted by Gasteiger charge is -2.19. The lowest BCUT2D eigenvalue weighted by molar-refractivity contribution is -0.130. The third-order valence-electron chi connectivity index (χ3n) is 4.69. The highest BCUT2D eigenvalue weighted by Crippen LogP contribution is 2.32. The minimum atomic E-state index is -3.29. The van der Waals surface area contributed by atoms with Crippen molar-refractivity contribution in [1.82, 2.24) is 4.90 Å². The van der Waals surface area contributed by atoms with Gasteiger partial charge in [-0.05, 0) is 42.1 Å². The van der Waals surface area contributed by atoms with Gasteiger partial charge in [-0.15, -0.1) is 11.3 Å². The van der Waals surface area contributed by atoms with Gasteiger partial charge < -0.3 is 4.90 Å². The van der Waals surface area contributed by atoms with Crippen molar-refractivity contribution in [3.8, 4) is 0 Å². The van der Waals surface area contributed by atoms with Crippen LogP contribution in [-0.2, 0) is 14.6 Å². The predicted molar refractivity (Wildman–Crippen MR) is 107 cm³/mol. The Morgan fingerprint density at radius 3 is 2.52 bits per heavy atom. The fourth-order valence-electron chi connectivity index (χ4n) is 3.15. The summed E-state index contributed by atoms with van der Waals surface area (Å²) in [7, 11) is -3.29. The van der Waals surface area contributed by atoms with E-state index in [4.69, 9.17) is 11.6 Å². The molecule has 1 aromatic heterocycles. The fraction of sp³-hybridized carbons (Fsp3) is 0.368. The average Bonchev–Trinajstić information content (AvgIpc) is 3.11. The van der Waals surface area contributed by atoms with Crippen molar-refractivity contribution in [2.24, 2.45) is 0 Å². The number of carbonyl (C=O) groups excluding carboxylic acids is 2. The number of carbonyl (C=O) groups is 2. The molecule has 3 rings (SSSR count). The number of hydrogen-bond acceptors (Lipinski definition) is 5. The summed E-state index contributed by atoms with van der Waals surface area (Å²) in [6, 6.07) is 10.2. The molecule has 1 unspecified atom stereocenters. The van der Waals surface area contributed by atoms with Gasteiger partial charge in [0.1, 0.15) is 0 Å². The normalized spacial score (nSPS) is 19.4. The maximum atomic E-state index is 12.6. The molecule has 5 nitrogen and oxygen atoms in total. The van der Waals surface area contributed by atoms with Gasteiger partial charge in [-0.25, -0.2) is 8.42 Å². The lowest BCUT2D eigenvalue weighted by Crippen LogP contribution is -2.33. The molecular formula is C19H20ClNO4S2. The Hall–Kier alpha value is -1.70. The number of halogens is 1. The summed E-state index contributed by atoms with van der Waals surface area (Å²) < 4.78 is 25.1. The van der Waals surface area contributed by atoms with Gasteiger partial charge in [-0.3, -0.25) is 9.59 Å². The third-order valence-corrected chi connectivity index (χ3v) is 8.18. The highest BCUT2D eigenvalue weighted by Gasteiger charge is 2.33. The van der Waals surface area contributed by atoms with Crippen LogP contribution >= 0.6 is 22.9 Å². The number of ketones is 1. The summed E-state index contributed by atoms with van der Waals surface area (Å²) in [5.41, 5.74) is 0.517. The Kier molecular flexibility index (Phi) is 6.34. The van der Waals surface area contributed by atoms with Crippen LogP contribution in [0.3, 0.4) is 0 Å². The smallest absolute Gasteiger partial charge is 0.223 e. The standard InChI is InChI=1S/C19H20ClNO4S2/c20-15-5-3-14(4-6-15)16(22)7-8-19(23)21-10-9-18(17-2-1-12-26-17)27(24,25)13-11-21/h1-6,12,18H,7-11,13H2. The molecule has 0 spiro atoms. The molecule has 8 heteroatoms. The molecule has 144 valence electrons. The van der Waals surface area contributed by atoms with E-state index in [1.807, 2.05) is 17.5 Å². The van der Waals surface area contributed by atoms with Gasteiger partial charge in [-0.2, -0.15) is 0 Å². The van der Waals surface area contributed by atoms with E-state index in [9.17, 15) is 18.0 Å². The fourth-order valence-corrected chi connectivity index (χ4v) is 6.28. The molecule has 0 N–H and O–H groups in total. The van der Waals surface area contributed by atoms with E-state index >= 15 is 0 Å².